The minimum Gasteiger partial charge on any atom is -0.391 e. The van der Waals surface area contributed by atoms with Gasteiger partial charge in [0, 0.05) is 18.4 Å². The van der Waals surface area contributed by atoms with Crippen LogP contribution in [-0.4, -0.2) is 51.1 Å². The van der Waals surface area contributed by atoms with E-state index in [1.165, 1.54) is 30.3 Å². The van der Waals surface area contributed by atoms with Crippen LogP contribution in [0.2, 0.25) is 0 Å². The molecule has 8 nitrogen and oxygen atoms in total. The van der Waals surface area contributed by atoms with E-state index in [0.29, 0.717) is 13.0 Å². The summed E-state index contributed by atoms with van der Waals surface area (Å²) in [7, 11) is 0. The zero-order valence-corrected chi connectivity index (χ0v) is 17.1. The Morgan fingerprint density at radius 1 is 1.24 bits per heavy atom. The molecule has 2 aromatic heterocycles. The normalized spacial score (nSPS) is 18.3. The number of benzene rings is 1. The Kier molecular flexibility index (Phi) is 6.52. The number of nitrogens with zero attached hydrogens (tertiary/aromatic N) is 3. The van der Waals surface area contributed by atoms with Crippen molar-refractivity contribution in [2.75, 3.05) is 13.2 Å². The van der Waals surface area contributed by atoms with Crippen LogP contribution in [0.25, 0.3) is 16.9 Å². The largest absolute Gasteiger partial charge is 0.391 e. The summed E-state index contributed by atoms with van der Waals surface area (Å²) in [5.41, 5.74) is -1.20. The molecular formula is C22H19F3N4O4. The van der Waals surface area contributed by atoms with Gasteiger partial charge >= 0.3 is 0 Å². The molecule has 11 heteroatoms. The van der Waals surface area contributed by atoms with Gasteiger partial charge in [0.2, 0.25) is 0 Å². The molecule has 1 aliphatic heterocycles. The van der Waals surface area contributed by atoms with Gasteiger partial charge in [0.1, 0.15) is 17.1 Å². The van der Waals surface area contributed by atoms with Crippen molar-refractivity contribution >= 4 is 5.91 Å². The fourth-order valence-electron chi connectivity index (χ4n) is 3.38. The lowest BCUT2D eigenvalue weighted by molar-refractivity contribution is -0.0140. The maximum Gasteiger partial charge on any atom is 0.284 e. The van der Waals surface area contributed by atoms with Gasteiger partial charge in [-0.3, -0.25) is 14.6 Å². The van der Waals surface area contributed by atoms with Crippen molar-refractivity contribution in [3.8, 4) is 16.9 Å². The van der Waals surface area contributed by atoms with Crippen molar-refractivity contribution in [1.82, 2.24) is 20.1 Å². The lowest BCUT2D eigenvalue weighted by atomic mass is 10.1. The van der Waals surface area contributed by atoms with Gasteiger partial charge in [0.15, 0.2) is 0 Å². The van der Waals surface area contributed by atoms with Gasteiger partial charge in [-0.2, -0.15) is 9.78 Å². The summed E-state index contributed by atoms with van der Waals surface area (Å²) in [4.78, 5) is 29.7. The number of hydrogen-bond donors (Lipinski definition) is 2. The average Bonchev–Trinajstić information content (AvgIpc) is 2.80. The lowest BCUT2D eigenvalue weighted by Gasteiger charge is -2.28. The molecule has 0 unspecified atom stereocenters. The molecule has 0 saturated carbocycles. The molecule has 1 fully saturated rings. The molecule has 1 saturated heterocycles. The summed E-state index contributed by atoms with van der Waals surface area (Å²) in [5.74, 6) is -1.41. The van der Waals surface area contributed by atoms with Crippen molar-refractivity contribution in [3.05, 3.63) is 76.1 Å². The molecule has 4 rings (SSSR count). The van der Waals surface area contributed by atoms with E-state index in [1.807, 2.05) is 0 Å². The SMILES string of the molecule is O=C(N[C@H]1COCC[C@H]1O)c1cc(-c2ccc(C(F)F)nc2)nn(-c2cccc(F)c2)c1=O. The highest BCUT2D eigenvalue weighted by molar-refractivity contribution is 5.95. The predicted molar refractivity (Wildman–Crippen MR) is 111 cm³/mol. The molecule has 33 heavy (non-hydrogen) atoms. The summed E-state index contributed by atoms with van der Waals surface area (Å²) in [6, 6.07) is 7.96. The number of nitrogens with one attached hydrogen (secondary N) is 1. The first-order valence-corrected chi connectivity index (χ1v) is 10.0. The van der Waals surface area contributed by atoms with Crippen LogP contribution in [0.5, 0.6) is 0 Å². The number of aromatic nitrogens is 3. The van der Waals surface area contributed by atoms with E-state index in [0.717, 1.165) is 23.0 Å². The van der Waals surface area contributed by atoms with Crippen LogP contribution < -0.4 is 10.9 Å². The molecular weight excluding hydrogens is 441 g/mol. The van der Waals surface area contributed by atoms with Gasteiger partial charge < -0.3 is 15.2 Å². The number of amides is 1. The van der Waals surface area contributed by atoms with Crippen LogP contribution in [0, 0.1) is 5.82 Å². The Labute approximate surface area is 185 Å². The molecule has 0 bridgehead atoms. The highest BCUT2D eigenvalue weighted by Gasteiger charge is 2.27. The number of halogens is 3. The first-order valence-electron chi connectivity index (χ1n) is 10.0. The van der Waals surface area contributed by atoms with E-state index in [4.69, 9.17) is 4.74 Å². The molecule has 3 aromatic rings. The molecule has 172 valence electrons. The summed E-state index contributed by atoms with van der Waals surface area (Å²) in [6.07, 6.45) is -2.15. The summed E-state index contributed by atoms with van der Waals surface area (Å²) in [5, 5.41) is 16.9. The molecule has 0 radical (unpaired) electrons. The van der Waals surface area contributed by atoms with Crippen molar-refractivity contribution in [1.29, 1.82) is 0 Å². The molecule has 0 spiro atoms. The second-order valence-corrected chi connectivity index (χ2v) is 7.42. The predicted octanol–water partition coefficient (Wildman–Crippen LogP) is 2.25. The van der Waals surface area contributed by atoms with Crippen LogP contribution in [0.3, 0.4) is 0 Å². The molecule has 2 atom stereocenters. The second kappa shape index (κ2) is 9.51. The number of pyridine rings is 1. The van der Waals surface area contributed by atoms with Crippen LogP contribution in [0.15, 0.2) is 53.5 Å². The van der Waals surface area contributed by atoms with Crippen LogP contribution in [-0.2, 0) is 4.74 Å². The quantitative estimate of drug-likeness (QED) is 0.605. The third-order valence-corrected chi connectivity index (χ3v) is 5.15. The smallest absolute Gasteiger partial charge is 0.284 e. The van der Waals surface area contributed by atoms with Gasteiger partial charge in [-0.15, -0.1) is 0 Å². The number of hydrogen-bond acceptors (Lipinski definition) is 6. The highest BCUT2D eigenvalue weighted by Crippen LogP contribution is 2.21. The number of aliphatic hydroxyl groups excluding tert-OH is 1. The number of ether oxygens (including phenoxy) is 1. The standard InChI is InChI=1S/C22H19F3N4O4/c23-13-2-1-3-14(8-13)29-22(32)15(21(31)27-18-11-33-7-6-19(18)30)9-17(28-29)12-4-5-16(20(24)25)26-10-12/h1-5,8-10,18-20,30H,6-7,11H2,(H,27,31)/t18-,19+/m0/s1. The van der Waals surface area contributed by atoms with Gasteiger partial charge in [-0.05, 0) is 42.8 Å². The minimum atomic E-state index is -2.77. The number of carbonyl (C=O) groups excluding carboxylic acids is 1. The van der Waals surface area contributed by atoms with Crippen molar-refractivity contribution < 1.29 is 27.8 Å². The third kappa shape index (κ3) is 4.94. The van der Waals surface area contributed by atoms with E-state index >= 15 is 0 Å². The molecule has 2 N–H and O–H groups in total. The number of carbonyl (C=O) groups is 1. The third-order valence-electron chi connectivity index (χ3n) is 5.15. The van der Waals surface area contributed by atoms with Gasteiger partial charge in [-0.1, -0.05) is 6.07 Å². The first-order chi connectivity index (χ1) is 15.8. The van der Waals surface area contributed by atoms with E-state index in [1.54, 1.807) is 0 Å². The number of aliphatic hydroxyl groups is 1. The average molecular weight is 460 g/mol. The number of alkyl halides is 2. The fourth-order valence-corrected chi connectivity index (χ4v) is 3.38. The maximum absolute atomic E-state index is 13.8. The molecule has 1 aromatic carbocycles. The van der Waals surface area contributed by atoms with Gasteiger partial charge in [-0.25, -0.2) is 13.2 Å². The minimum absolute atomic E-state index is 0.0640. The highest BCUT2D eigenvalue weighted by atomic mass is 19.3. The molecule has 0 aliphatic carbocycles. The fraction of sp³-hybridized carbons (Fsp3) is 0.273. The topological polar surface area (TPSA) is 106 Å². The second-order valence-electron chi connectivity index (χ2n) is 7.42. The zero-order valence-electron chi connectivity index (χ0n) is 17.1. The van der Waals surface area contributed by atoms with Crippen molar-refractivity contribution in [3.63, 3.8) is 0 Å². The van der Waals surface area contributed by atoms with Crippen LogP contribution in [0.1, 0.15) is 28.9 Å². The van der Waals surface area contributed by atoms with Crippen molar-refractivity contribution in [2.24, 2.45) is 0 Å². The summed E-state index contributed by atoms with van der Waals surface area (Å²) >= 11 is 0. The van der Waals surface area contributed by atoms with Crippen LogP contribution >= 0.6 is 0 Å². The Hall–Kier alpha value is -3.57. The Morgan fingerprint density at radius 3 is 2.73 bits per heavy atom. The summed E-state index contributed by atoms with van der Waals surface area (Å²) in [6.45, 7) is 0.420. The van der Waals surface area contributed by atoms with E-state index < -0.39 is 41.5 Å². The van der Waals surface area contributed by atoms with Crippen LogP contribution in [0.4, 0.5) is 13.2 Å². The Bertz CT molecular complexity index is 1220. The van der Waals surface area contributed by atoms with Crippen molar-refractivity contribution in [2.45, 2.75) is 25.0 Å². The van der Waals surface area contributed by atoms with Gasteiger partial charge in [0.25, 0.3) is 17.9 Å². The summed E-state index contributed by atoms with van der Waals surface area (Å²) < 4.78 is 45.6. The molecule has 1 amide bonds. The van der Waals surface area contributed by atoms with E-state index in [9.17, 15) is 27.9 Å². The monoisotopic (exact) mass is 460 g/mol. The lowest BCUT2D eigenvalue weighted by Crippen LogP contribution is -2.50. The zero-order chi connectivity index (χ0) is 23.5. The Morgan fingerprint density at radius 2 is 2.06 bits per heavy atom. The Balaban J connectivity index is 1.79. The molecule has 3 heterocycles. The van der Waals surface area contributed by atoms with Gasteiger partial charge in [0.05, 0.1) is 30.1 Å². The number of rotatable bonds is 5. The first kappa shape index (κ1) is 22.6. The van der Waals surface area contributed by atoms with E-state index in [2.05, 4.69) is 15.4 Å². The van der Waals surface area contributed by atoms with E-state index in [-0.39, 0.29) is 29.1 Å². The molecule has 1 aliphatic rings. The maximum atomic E-state index is 13.8.